The molecule has 128 valence electrons. The van der Waals surface area contributed by atoms with Crippen LogP contribution < -0.4 is 0 Å². The standard InChI is InChI=1S/2C12H16/c1-10(2)9-11(3)12-7-5-4-6-8-12;1-3-4-8-11(2)12-9-6-5-7-10-12/h4-8,10H,3,9H2,1-2H3;5-7,9-10H,2-4,8H2,1H3. The Morgan fingerprint density at radius 3 is 1.67 bits per heavy atom. The van der Waals surface area contributed by atoms with Gasteiger partial charge in [0.25, 0.3) is 0 Å². The molecule has 2 aromatic rings. The zero-order valence-corrected chi connectivity index (χ0v) is 15.6. The second-order valence-corrected chi connectivity index (χ2v) is 6.64. The molecule has 0 spiro atoms. The van der Waals surface area contributed by atoms with Crippen LogP contribution in [0.5, 0.6) is 0 Å². The quantitative estimate of drug-likeness (QED) is 0.491. The van der Waals surface area contributed by atoms with E-state index in [4.69, 9.17) is 0 Å². The van der Waals surface area contributed by atoms with E-state index in [0.717, 1.165) is 12.8 Å². The van der Waals surface area contributed by atoms with Crippen LogP contribution in [0, 0.1) is 5.92 Å². The molecule has 0 aliphatic rings. The van der Waals surface area contributed by atoms with Crippen molar-refractivity contribution < 1.29 is 0 Å². The first-order chi connectivity index (χ1) is 11.5. The lowest BCUT2D eigenvalue weighted by atomic mass is 9.98. The number of hydrogen-bond donors (Lipinski definition) is 0. The Labute approximate surface area is 148 Å². The first-order valence-electron chi connectivity index (χ1n) is 9.01. The summed E-state index contributed by atoms with van der Waals surface area (Å²) in [6.45, 7) is 14.8. The minimum absolute atomic E-state index is 0.692. The lowest BCUT2D eigenvalue weighted by Crippen LogP contribution is -1.89. The zero-order valence-electron chi connectivity index (χ0n) is 15.6. The average molecular weight is 321 g/mol. The molecule has 0 amide bonds. The number of allylic oxidation sites excluding steroid dienone is 2. The van der Waals surface area contributed by atoms with Crippen LogP contribution in [0.15, 0.2) is 73.8 Å². The van der Waals surface area contributed by atoms with Crippen LogP contribution in [0.25, 0.3) is 11.1 Å². The van der Waals surface area contributed by atoms with Crippen molar-refractivity contribution in [1.29, 1.82) is 0 Å². The highest BCUT2D eigenvalue weighted by Crippen LogP contribution is 2.19. The van der Waals surface area contributed by atoms with Crippen LogP contribution in [0.1, 0.15) is 57.6 Å². The molecule has 2 rings (SSSR count). The van der Waals surface area contributed by atoms with E-state index in [2.05, 4.69) is 82.5 Å². The van der Waals surface area contributed by atoms with E-state index in [0.29, 0.717) is 5.92 Å². The normalized spacial score (nSPS) is 10.0. The second-order valence-electron chi connectivity index (χ2n) is 6.64. The zero-order chi connectivity index (χ0) is 17.8. The van der Waals surface area contributed by atoms with Gasteiger partial charge in [-0.2, -0.15) is 0 Å². The van der Waals surface area contributed by atoms with E-state index in [1.54, 1.807) is 0 Å². The first-order valence-corrected chi connectivity index (χ1v) is 9.01. The SMILES string of the molecule is C=C(CC(C)C)c1ccccc1.C=C(CCCC)c1ccccc1. The number of benzene rings is 2. The van der Waals surface area contributed by atoms with Crippen LogP contribution in [0.2, 0.25) is 0 Å². The van der Waals surface area contributed by atoms with Crippen molar-refractivity contribution in [1.82, 2.24) is 0 Å². The smallest absolute Gasteiger partial charge is 0.0230 e. The van der Waals surface area contributed by atoms with Gasteiger partial charge < -0.3 is 0 Å². The Balaban J connectivity index is 0.000000240. The molecular weight excluding hydrogens is 288 g/mol. The average Bonchev–Trinajstić information content (AvgIpc) is 2.61. The molecule has 0 fully saturated rings. The fourth-order valence-electron chi connectivity index (χ4n) is 2.49. The largest absolute Gasteiger partial charge is 0.0952 e. The maximum atomic E-state index is 4.07. The molecule has 0 saturated carbocycles. The van der Waals surface area contributed by atoms with Gasteiger partial charge in [-0.3, -0.25) is 0 Å². The van der Waals surface area contributed by atoms with Gasteiger partial charge in [-0.05, 0) is 47.5 Å². The maximum absolute atomic E-state index is 4.07. The van der Waals surface area contributed by atoms with Crippen molar-refractivity contribution in [3.63, 3.8) is 0 Å². The predicted octanol–water partition coefficient (Wildman–Crippen LogP) is 7.64. The van der Waals surface area contributed by atoms with Gasteiger partial charge >= 0.3 is 0 Å². The van der Waals surface area contributed by atoms with Crippen LogP contribution >= 0.6 is 0 Å². The lowest BCUT2D eigenvalue weighted by molar-refractivity contribution is 0.674. The summed E-state index contributed by atoms with van der Waals surface area (Å²) in [5.74, 6) is 0.692. The van der Waals surface area contributed by atoms with E-state index < -0.39 is 0 Å². The van der Waals surface area contributed by atoms with Crippen molar-refractivity contribution in [2.45, 2.75) is 46.5 Å². The van der Waals surface area contributed by atoms with Crippen LogP contribution in [-0.2, 0) is 0 Å². The molecule has 0 unspecified atom stereocenters. The third kappa shape index (κ3) is 7.97. The Kier molecular flexibility index (Phi) is 9.53. The van der Waals surface area contributed by atoms with Gasteiger partial charge in [0, 0.05) is 0 Å². The van der Waals surface area contributed by atoms with Crippen molar-refractivity contribution in [2.75, 3.05) is 0 Å². The second kappa shape index (κ2) is 11.5. The van der Waals surface area contributed by atoms with E-state index in [1.807, 2.05) is 12.1 Å². The Hall–Kier alpha value is -2.08. The van der Waals surface area contributed by atoms with E-state index >= 15 is 0 Å². The molecule has 0 aliphatic carbocycles. The van der Waals surface area contributed by atoms with Gasteiger partial charge in [0.2, 0.25) is 0 Å². The van der Waals surface area contributed by atoms with Gasteiger partial charge in [-0.1, -0.05) is 101 Å². The Morgan fingerprint density at radius 1 is 0.792 bits per heavy atom. The summed E-state index contributed by atoms with van der Waals surface area (Å²) in [7, 11) is 0. The van der Waals surface area contributed by atoms with E-state index in [-0.39, 0.29) is 0 Å². The monoisotopic (exact) mass is 320 g/mol. The topological polar surface area (TPSA) is 0 Å². The van der Waals surface area contributed by atoms with Gasteiger partial charge in [-0.25, -0.2) is 0 Å². The minimum Gasteiger partial charge on any atom is -0.0952 e. The molecule has 0 atom stereocenters. The summed E-state index contributed by atoms with van der Waals surface area (Å²) in [5.41, 5.74) is 5.06. The molecule has 0 bridgehead atoms. The minimum atomic E-state index is 0.692. The van der Waals surface area contributed by atoms with E-state index in [9.17, 15) is 0 Å². The van der Waals surface area contributed by atoms with Crippen molar-refractivity contribution >= 4 is 11.1 Å². The van der Waals surface area contributed by atoms with Crippen molar-refractivity contribution in [3.05, 3.63) is 84.9 Å². The highest BCUT2D eigenvalue weighted by Gasteiger charge is 2.00. The molecule has 0 aromatic heterocycles. The molecule has 24 heavy (non-hydrogen) atoms. The van der Waals surface area contributed by atoms with Crippen LogP contribution in [0.4, 0.5) is 0 Å². The predicted molar refractivity (Wildman–Crippen MR) is 110 cm³/mol. The summed E-state index contributed by atoms with van der Waals surface area (Å²) in [4.78, 5) is 0. The van der Waals surface area contributed by atoms with Crippen LogP contribution in [-0.4, -0.2) is 0 Å². The molecule has 0 radical (unpaired) electrons. The summed E-state index contributed by atoms with van der Waals surface area (Å²) in [6.07, 6.45) is 4.70. The molecule has 0 nitrogen and oxygen atoms in total. The van der Waals surface area contributed by atoms with Gasteiger partial charge in [0.15, 0.2) is 0 Å². The number of rotatable bonds is 7. The van der Waals surface area contributed by atoms with E-state index in [1.165, 1.54) is 35.1 Å². The maximum Gasteiger partial charge on any atom is -0.0230 e. The summed E-state index contributed by atoms with van der Waals surface area (Å²) >= 11 is 0. The summed E-state index contributed by atoms with van der Waals surface area (Å²) in [5, 5.41) is 0. The fraction of sp³-hybridized carbons (Fsp3) is 0.333. The number of hydrogen-bond acceptors (Lipinski definition) is 0. The highest BCUT2D eigenvalue weighted by atomic mass is 14.1. The molecule has 0 saturated heterocycles. The lowest BCUT2D eigenvalue weighted by Gasteiger charge is -2.07. The molecule has 0 heteroatoms. The third-order valence-electron chi connectivity index (χ3n) is 3.85. The highest BCUT2D eigenvalue weighted by molar-refractivity contribution is 5.63. The van der Waals surface area contributed by atoms with Gasteiger partial charge in [0.1, 0.15) is 0 Å². The first kappa shape index (κ1) is 20.0. The summed E-state index contributed by atoms with van der Waals surface area (Å²) in [6, 6.07) is 20.8. The molecular formula is C24H32. The molecule has 0 N–H and O–H groups in total. The third-order valence-corrected chi connectivity index (χ3v) is 3.85. The summed E-state index contributed by atoms with van der Waals surface area (Å²) < 4.78 is 0. The van der Waals surface area contributed by atoms with Crippen molar-refractivity contribution in [2.24, 2.45) is 5.92 Å². The van der Waals surface area contributed by atoms with Crippen LogP contribution in [0.3, 0.4) is 0 Å². The van der Waals surface area contributed by atoms with Gasteiger partial charge in [0.05, 0.1) is 0 Å². The molecule has 0 aliphatic heterocycles. The van der Waals surface area contributed by atoms with Gasteiger partial charge in [-0.15, -0.1) is 0 Å². The van der Waals surface area contributed by atoms with Crippen molar-refractivity contribution in [3.8, 4) is 0 Å². The fourth-order valence-corrected chi connectivity index (χ4v) is 2.49. The Bertz CT molecular complexity index is 590. The Morgan fingerprint density at radius 2 is 1.25 bits per heavy atom. The number of unbranched alkanes of at least 4 members (excludes halogenated alkanes) is 1. The molecule has 2 aromatic carbocycles. The molecule has 0 heterocycles.